The molecule has 0 aromatic heterocycles. The molecule has 0 spiro atoms. The average Bonchev–Trinajstić information content (AvgIpc) is 2.26. The predicted octanol–water partition coefficient (Wildman–Crippen LogP) is 1.97. The van der Waals surface area contributed by atoms with Crippen molar-refractivity contribution in [2.75, 3.05) is 20.4 Å². The van der Waals surface area contributed by atoms with E-state index in [1.165, 1.54) is 5.56 Å². The number of halogens is 1. The molecule has 0 aliphatic carbocycles. The third kappa shape index (κ3) is 2.43. The Morgan fingerprint density at radius 3 is 3.13 bits per heavy atom. The molecule has 0 atom stereocenters. The van der Waals surface area contributed by atoms with Crippen LogP contribution < -0.4 is 10.1 Å². The van der Waals surface area contributed by atoms with Gasteiger partial charge in [0.25, 0.3) is 0 Å². The fourth-order valence-electron chi connectivity index (χ4n) is 1.65. The zero-order valence-electron chi connectivity index (χ0n) is 8.68. The molecule has 1 aromatic rings. The van der Waals surface area contributed by atoms with E-state index in [4.69, 9.17) is 21.1 Å². The minimum absolute atomic E-state index is 0.294. The quantitative estimate of drug-likeness (QED) is 0.857. The smallest absolute Gasteiger partial charge is 0.189 e. The lowest BCUT2D eigenvalue weighted by Crippen LogP contribution is -2.14. The zero-order chi connectivity index (χ0) is 10.7. The van der Waals surface area contributed by atoms with Gasteiger partial charge in [0, 0.05) is 5.56 Å². The summed E-state index contributed by atoms with van der Waals surface area (Å²) < 4.78 is 10.6. The highest BCUT2D eigenvalue weighted by Crippen LogP contribution is 2.33. The Hall–Kier alpha value is -0.770. The van der Waals surface area contributed by atoms with Crippen LogP contribution in [0.3, 0.4) is 0 Å². The van der Waals surface area contributed by atoms with Crippen LogP contribution in [0.5, 0.6) is 5.75 Å². The van der Waals surface area contributed by atoms with E-state index in [0.29, 0.717) is 18.4 Å². The van der Waals surface area contributed by atoms with Gasteiger partial charge in [0.2, 0.25) is 0 Å². The van der Waals surface area contributed by atoms with E-state index in [1.54, 1.807) is 0 Å². The van der Waals surface area contributed by atoms with Crippen LogP contribution in [-0.4, -0.2) is 20.4 Å². The van der Waals surface area contributed by atoms with Crippen LogP contribution in [0, 0.1) is 0 Å². The molecule has 0 amide bonds. The molecule has 15 heavy (non-hydrogen) atoms. The minimum atomic E-state index is 0.294. The minimum Gasteiger partial charge on any atom is -0.466 e. The standard InChI is InChI=1S/C11H14ClNO2/c1-13-3-2-8-4-9-6-14-7-15-11(9)10(12)5-8/h4-5,13H,2-3,6-7H2,1H3. The molecule has 1 aromatic carbocycles. The van der Waals surface area contributed by atoms with Crippen LogP contribution in [0.2, 0.25) is 5.02 Å². The number of fused-ring (bicyclic) bond motifs is 1. The first-order chi connectivity index (χ1) is 7.31. The molecule has 82 valence electrons. The van der Waals surface area contributed by atoms with E-state index >= 15 is 0 Å². The Morgan fingerprint density at radius 1 is 1.47 bits per heavy atom. The molecule has 1 N–H and O–H groups in total. The highest BCUT2D eigenvalue weighted by atomic mass is 35.5. The molecule has 1 aliphatic heterocycles. The van der Waals surface area contributed by atoms with Crippen molar-refractivity contribution in [3.8, 4) is 5.75 Å². The van der Waals surface area contributed by atoms with Gasteiger partial charge in [-0.3, -0.25) is 0 Å². The summed E-state index contributed by atoms with van der Waals surface area (Å²) in [5.74, 6) is 0.774. The summed E-state index contributed by atoms with van der Waals surface area (Å²) in [7, 11) is 1.94. The Bertz CT molecular complexity index is 355. The summed E-state index contributed by atoms with van der Waals surface area (Å²) in [6.45, 7) is 1.82. The van der Waals surface area contributed by atoms with Gasteiger partial charge in [-0.25, -0.2) is 0 Å². The molecule has 1 heterocycles. The van der Waals surface area contributed by atoms with Gasteiger partial charge in [0.05, 0.1) is 11.6 Å². The number of benzene rings is 1. The first-order valence-corrected chi connectivity index (χ1v) is 5.35. The number of likely N-dealkylation sites (N-methyl/N-ethyl adjacent to an activating group) is 1. The van der Waals surface area contributed by atoms with Gasteiger partial charge in [-0.1, -0.05) is 11.6 Å². The van der Waals surface area contributed by atoms with Gasteiger partial charge in [0.15, 0.2) is 6.79 Å². The van der Waals surface area contributed by atoms with Gasteiger partial charge < -0.3 is 14.8 Å². The van der Waals surface area contributed by atoms with Crippen molar-refractivity contribution in [3.05, 3.63) is 28.3 Å². The molecule has 0 saturated heterocycles. The second kappa shape index (κ2) is 4.84. The number of hydrogen-bond donors (Lipinski definition) is 1. The predicted molar refractivity (Wildman–Crippen MR) is 59.4 cm³/mol. The molecule has 4 heteroatoms. The molecule has 0 bridgehead atoms. The van der Waals surface area contributed by atoms with Crippen molar-refractivity contribution in [2.24, 2.45) is 0 Å². The van der Waals surface area contributed by atoms with Crippen LogP contribution in [-0.2, 0) is 17.8 Å². The first-order valence-electron chi connectivity index (χ1n) is 4.97. The van der Waals surface area contributed by atoms with Crippen molar-refractivity contribution in [2.45, 2.75) is 13.0 Å². The van der Waals surface area contributed by atoms with Crippen LogP contribution in [0.25, 0.3) is 0 Å². The molecule has 0 unspecified atom stereocenters. The van der Waals surface area contributed by atoms with Crippen LogP contribution in [0.1, 0.15) is 11.1 Å². The van der Waals surface area contributed by atoms with Gasteiger partial charge >= 0.3 is 0 Å². The second-order valence-corrected chi connectivity index (χ2v) is 3.94. The summed E-state index contributed by atoms with van der Waals surface area (Å²) in [6.07, 6.45) is 0.962. The normalized spacial score (nSPS) is 14.5. The summed E-state index contributed by atoms with van der Waals surface area (Å²) in [6, 6.07) is 4.06. The molecular formula is C11H14ClNO2. The molecule has 0 radical (unpaired) electrons. The van der Waals surface area contributed by atoms with Crippen molar-refractivity contribution in [3.63, 3.8) is 0 Å². The maximum Gasteiger partial charge on any atom is 0.189 e. The maximum absolute atomic E-state index is 6.13. The molecule has 2 rings (SSSR count). The van der Waals surface area contributed by atoms with E-state index < -0.39 is 0 Å². The van der Waals surface area contributed by atoms with Crippen molar-refractivity contribution in [1.29, 1.82) is 0 Å². The Labute approximate surface area is 94.3 Å². The highest BCUT2D eigenvalue weighted by molar-refractivity contribution is 6.32. The number of ether oxygens (including phenoxy) is 2. The lowest BCUT2D eigenvalue weighted by Gasteiger charge is -2.19. The highest BCUT2D eigenvalue weighted by Gasteiger charge is 2.15. The Morgan fingerprint density at radius 2 is 2.33 bits per heavy atom. The van der Waals surface area contributed by atoms with Crippen LogP contribution in [0.15, 0.2) is 12.1 Å². The zero-order valence-corrected chi connectivity index (χ0v) is 9.43. The summed E-state index contributed by atoms with van der Waals surface area (Å²) in [4.78, 5) is 0. The summed E-state index contributed by atoms with van der Waals surface area (Å²) >= 11 is 6.13. The van der Waals surface area contributed by atoms with Crippen LogP contribution in [0.4, 0.5) is 0 Å². The monoisotopic (exact) mass is 227 g/mol. The largest absolute Gasteiger partial charge is 0.466 e. The Balaban J connectivity index is 2.24. The third-order valence-electron chi connectivity index (χ3n) is 2.39. The van der Waals surface area contributed by atoms with Gasteiger partial charge in [-0.15, -0.1) is 0 Å². The molecular weight excluding hydrogens is 214 g/mol. The molecule has 0 fully saturated rings. The van der Waals surface area contributed by atoms with Crippen molar-refractivity contribution >= 4 is 11.6 Å². The number of nitrogens with one attached hydrogen (secondary N) is 1. The summed E-state index contributed by atoms with van der Waals surface area (Å²) in [5.41, 5.74) is 2.25. The van der Waals surface area contributed by atoms with E-state index in [-0.39, 0.29) is 0 Å². The van der Waals surface area contributed by atoms with Gasteiger partial charge in [-0.2, -0.15) is 0 Å². The maximum atomic E-state index is 6.13. The number of rotatable bonds is 3. The molecule has 1 aliphatic rings. The van der Waals surface area contributed by atoms with E-state index in [0.717, 1.165) is 24.3 Å². The number of hydrogen-bond acceptors (Lipinski definition) is 3. The van der Waals surface area contributed by atoms with E-state index in [1.807, 2.05) is 13.1 Å². The fraction of sp³-hybridized carbons (Fsp3) is 0.455. The first kappa shape index (κ1) is 10.7. The second-order valence-electron chi connectivity index (χ2n) is 3.53. The van der Waals surface area contributed by atoms with Crippen LogP contribution >= 0.6 is 11.6 Å². The van der Waals surface area contributed by atoms with E-state index in [9.17, 15) is 0 Å². The lowest BCUT2D eigenvalue weighted by molar-refractivity contribution is -0.0163. The fourth-order valence-corrected chi connectivity index (χ4v) is 1.96. The SMILES string of the molecule is CNCCc1cc(Cl)c2c(c1)COCO2. The third-order valence-corrected chi connectivity index (χ3v) is 2.67. The van der Waals surface area contributed by atoms with E-state index in [2.05, 4.69) is 11.4 Å². The topological polar surface area (TPSA) is 30.5 Å². The molecule has 3 nitrogen and oxygen atoms in total. The lowest BCUT2D eigenvalue weighted by atomic mass is 10.1. The van der Waals surface area contributed by atoms with Crippen molar-refractivity contribution in [1.82, 2.24) is 5.32 Å². The Kier molecular flexibility index (Phi) is 3.46. The van der Waals surface area contributed by atoms with Gasteiger partial charge in [-0.05, 0) is 37.7 Å². The average molecular weight is 228 g/mol. The van der Waals surface area contributed by atoms with Gasteiger partial charge in [0.1, 0.15) is 5.75 Å². The summed E-state index contributed by atoms with van der Waals surface area (Å²) in [5, 5.41) is 3.79. The molecule has 0 saturated carbocycles. The van der Waals surface area contributed by atoms with Crippen molar-refractivity contribution < 1.29 is 9.47 Å².